The molecule has 0 bridgehead atoms. The second-order valence-corrected chi connectivity index (χ2v) is 7.63. The van der Waals surface area contributed by atoms with E-state index in [-0.39, 0.29) is 23.7 Å². The van der Waals surface area contributed by atoms with Crippen molar-refractivity contribution in [3.63, 3.8) is 0 Å². The van der Waals surface area contributed by atoms with Crippen molar-refractivity contribution in [3.8, 4) is 0 Å². The number of carbonyl (C=O) groups excluding carboxylic acids is 1. The van der Waals surface area contributed by atoms with E-state index in [1.165, 1.54) is 15.7 Å². The van der Waals surface area contributed by atoms with Gasteiger partial charge in [0.05, 0.1) is 22.5 Å². The van der Waals surface area contributed by atoms with Gasteiger partial charge in [-0.25, -0.2) is 4.98 Å². The van der Waals surface area contributed by atoms with E-state index in [2.05, 4.69) is 4.98 Å². The average molecular weight is 357 g/mol. The van der Waals surface area contributed by atoms with Gasteiger partial charge in [0.1, 0.15) is 10.5 Å². The number of carbonyl (C=O) groups is 1. The topological polar surface area (TPSA) is 63.9 Å². The Morgan fingerprint density at radius 3 is 2.76 bits per heavy atom. The molecular weight excluding hydrogens is 338 g/mol. The number of thiophene rings is 1. The fourth-order valence-corrected chi connectivity index (χ4v) is 4.35. The fourth-order valence-electron chi connectivity index (χ4n) is 3.36. The van der Waals surface area contributed by atoms with E-state index >= 15 is 0 Å². The van der Waals surface area contributed by atoms with Crippen LogP contribution in [0.1, 0.15) is 29.1 Å². The second-order valence-electron chi connectivity index (χ2n) is 6.60. The van der Waals surface area contributed by atoms with Crippen LogP contribution in [0.2, 0.25) is 0 Å². The number of ether oxygens (including phenoxy) is 1. The van der Waals surface area contributed by atoms with Crippen molar-refractivity contribution in [3.05, 3.63) is 45.2 Å². The Hall–Kier alpha value is -2.25. The average Bonchev–Trinajstić information content (AvgIpc) is 2.99. The maximum atomic E-state index is 12.9. The maximum absolute atomic E-state index is 12.9. The third-order valence-corrected chi connectivity index (χ3v) is 5.47. The van der Waals surface area contributed by atoms with Crippen LogP contribution in [0.15, 0.2) is 29.2 Å². The molecule has 3 aromatic rings. The zero-order valence-electron chi connectivity index (χ0n) is 14.4. The van der Waals surface area contributed by atoms with Crippen LogP contribution in [-0.4, -0.2) is 45.5 Å². The van der Waals surface area contributed by atoms with Gasteiger partial charge in [0.2, 0.25) is 0 Å². The summed E-state index contributed by atoms with van der Waals surface area (Å²) in [6.45, 7) is 6.97. The summed E-state index contributed by atoms with van der Waals surface area (Å²) in [5.74, 6) is -0.0600. The van der Waals surface area contributed by atoms with Gasteiger partial charge in [-0.15, -0.1) is 11.3 Å². The van der Waals surface area contributed by atoms with Gasteiger partial charge in [-0.1, -0.05) is 6.07 Å². The molecule has 2 atom stereocenters. The first-order chi connectivity index (χ1) is 11.9. The highest BCUT2D eigenvalue weighted by atomic mass is 32.1. The third kappa shape index (κ3) is 2.73. The minimum atomic E-state index is -0.136. The van der Waals surface area contributed by atoms with Crippen molar-refractivity contribution >= 4 is 33.1 Å². The molecule has 25 heavy (non-hydrogen) atoms. The Bertz CT molecular complexity index is 1030. The number of aryl methyl sites for hydroxylation is 1. The van der Waals surface area contributed by atoms with Crippen LogP contribution in [0.5, 0.6) is 0 Å². The fraction of sp³-hybridized carbons (Fsp3) is 0.389. The normalized spacial score (nSPS) is 21.2. The number of morpholine rings is 1. The van der Waals surface area contributed by atoms with Crippen LogP contribution in [0.3, 0.4) is 0 Å². The molecule has 1 aliphatic rings. The Kier molecular flexibility index (Phi) is 3.85. The lowest BCUT2D eigenvalue weighted by Gasteiger charge is -2.35. The van der Waals surface area contributed by atoms with Gasteiger partial charge >= 0.3 is 0 Å². The Balaban J connectivity index is 1.80. The van der Waals surface area contributed by atoms with Gasteiger partial charge in [0.15, 0.2) is 0 Å². The highest BCUT2D eigenvalue weighted by Crippen LogP contribution is 2.25. The molecule has 6 nitrogen and oxygen atoms in total. The van der Waals surface area contributed by atoms with Crippen LogP contribution in [0.4, 0.5) is 0 Å². The number of hydrogen-bond acceptors (Lipinski definition) is 5. The van der Waals surface area contributed by atoms with E-state index in [9.17, 15) is 9.59 Å². The molecule has 4 heterocycles. The SMILES string of the molecule is Cc1cccn2c(=O)c3cc(C(=O)N4C[C@H](C)O[C@@H](C)C4)sc3nc12. The molecule has 0 N–H and O–H groups in total. The maximum Gasteiger partial charge on any atom is 0.266 e. The van der Waals surface area contributed by atoms with E-state index in [0.717, 1.165) is 5.56 Å². The largest absolute Gasteiger partial charge is 0.372 e. The number of hydrogen-bond donors (Lipinski definition) is 0. The standard InChI is InChI=1S/C18H19N3O3S/c1-10-5-4-6-21-15(10)19-16-13(17(21)22)7-14(25-16)18(23)20-8-11(2)24-12(3)9-20/h4-7,11-12H,8-9H2,1-3H3/t11-,12-/m0/s1. The molecule has 1 saturated heterocycles. The van der Waals surface area contributed by atoms with E-state index in [4.69, 9.17) is 4.74 Å². The van der Waals surface area contributed by atoms with E-state index in [1.807, 2.05) is 32.9 Å². The monoisotopic (exact) mass is 357 g/mol. The molecule has 0 unspecified atom stereocenters. The number of rotatable bonds is 1. The van der Waals surface area contributed by atoms with Crippen molar-refractivity contribution in [2.45, 2.75) is 33.0 Å². The lowest BCUT2D eigenvalue weighted by Crippen LogP contribution is -2.48. The molecule has 0 radical (unpaired) electrons. The lowest BCUT2D eigenvalue weighted by molar-refractivity contribution is -0.0585. The first-order valence-corrected chi connectivity index (χ1v) is 9.12. The van der Waals surface area contributed by atoms with Gasteiger partial charge in [-0.2, -0.15) is 0 Å². The van der Waals surface area contributed by atoms with Crippen LogP contribution in [-0.2, 0) is 4.74 Å². The van der Waals surface area contributed by atoms with Crippen molar-refractivity contribution in [1.29, 1.82) is 0 Å². The van der Waals surface area contributed by atoms with Crippen LogP contribution in [0, 0.1) is 6.92 Å². The summed E-state index contributed by atoms with van der Waals surface area (Å²) >= 11 is 1.28. The van der Waals surface area contributed by atoms with E-state index in [1.54, 1.807) is 17.2 Å². The summed E-state index contributed by atoms with van der Waals surface area (Å²) in [7, 11) is 0. The quantitative estimate of drug-likeness (QED) is 0.671. The Morgan fingerprint density at radius 2 is 2.04 bits per heavy atom. The lowest BCUT2D eigenvalue weighted by atomic mass is 10.2. The van der Waals surface area contributed by atoms with Crippen molar-refractivity contribution < 1.29 is 9.53 Å². The predicted octanol–water partition coefficient (Wildman–Crippen LogP) is 2.47. The number of nitrogens with zero attached hydrogens (tertiary/aromatic N) is 3. The summed E-state index contributed by atoms with van der Waals surface area (Å²) in [6, 6.07) is 5.42. The second kappa shape index (κ2) is 5.93. The van der Waals surface area contributed by atoms with Gasteiger partial charge in [0, 0.05) is 19.3 Å². The molecule has 1 amide bonds. The van der Waals surface area contributed by atoms with E-state index < -0.39 is 0 Å². The highest BCUT2D eigenvalue weighted by Gasteiger charge is 2.28. The Morgan fingerprint density at radius 1 is 1.32 bits per heavy atom. The summed E-state index contributed by atoms with van der Waals surface area (Å²) in [6.07, 6.45) is 1.73. The zero-order valence-corrected chi connectivity index (χ0v) is 15.2. The van der Waals surface area contributed by atoms with Crippen LogP contribution >= 0.6 is 11.3 Å². The minimum absolute atomic E-state index is 0.0102. The molecule has 1 aliphatic heterocycles. The number of fused-ring (bicyclic) bond motifs is 2. The number of aromatic nitrogens is 2. The summed E-state index contributed by atoms with van der Waals surface area (Å²) in [4.78, 5) is 33.2. The van der Waals surface area contributed by atoms with Crippen molar-refractivity contribution in [2.24, 2.45) is 0 Å². The molecule has 0 aliphatic carbocycles. The Labute approximate surface area is 148 Å². The molecule has 0 aromatic carbocycles. The van der Waals surface area contributed by atoms with Crippen molar-refractivity contribution in [2.75, 3.05) is 13.1 Å². The third-order valence-electron chi connectivity index (χ3n) is 4.45. The molecular formula is C18H19N3O3S. The summed E-state index contributed by atoms with van der Waals surface area (Å²) in [5.41, 5.74) is 1.43. The molecule has 3 aromatic heterocycles. The van der Waals surface area contributed by atoms with Crippen LogP contribution < -0.4 is 5.56 Å². The zero-order chi connectivity index (χ0) is 17.7. The van der Waals surface area contributed by atoms with Gasteiger partial charge in [0.25, 0.3) is 11.5 Å². The predicted molar refractivity (Wildman–Crippen MR) is 97.5 cm³/mol. The molecule has 7 heteroatoms. The summed E-state index contributed by atoms with van der Waals surface area (Å²) in [5, 5.41) is 0.491. The molecule has 0 saturated carbocycles. The van der Waals surface area contributed by atoms with Gasteiger partial charge in [-0.05, 0) is 38.5 Å². The van der Waals surface area contributed by atoms with E-state index in [0.29, 0.717) is 33.8 Å². The van der Waals surface area contributed by atoms with Crippen molar-refractivity contribution in [1.82, 2.24) is 14.3 Å². The minimum Gasteiger partial charge on any atom is -0.372 e. The first kappa shape index (κ1) is 16.2. The molecule has 0 spiro atoms. The van der Waals surface area contributed by atoms with Gasteiger partial charge < -0.3 is 9.64 Å². The molecule has 4 rings (SSSR count). The summed E-state index contributed by atoms with van der Waals surface area (Å²) < 4.78 is 7.23. The first-order valence-electron chi connectivity index (χ1n) is 8.30. The van der Waals surface area contributed by atoms with Gasteiger partial charge in [-0.3, -0.25) is 14.0 Å². The smallest absolute Gasteiger partial charge is 0.266 e. The van der Waals surface area contributed by atoms with Crippen LogP contribution in [0.25, 0.3) is 15.9 Å². The molecule has 130 valence electrons. The number of amides is 1. The number of pyridine rings is 1. The molecule has 1 fully saturated rings. The highest BCUT2D eigenvalue weighted by molar-refractivity contribution is 7.20.